The number of imide groups is 1. The van der Waals surface area contributed by atoms with Gasteiger partial charge in [0.1, 0.15) is 18.9 Å². The molecular formula is C25H25N3O5S. The Labute approximate surface area is 202 Å². The highest BCUT2D eigenvalue weighted by molar-refractivity contribution is 8.18. The Morgan fingerprint density at radius 2 is 1.85 bits per heavy atom. The van der Waals surface area contributed by atoms with Crippen molar-refractivity contribution in [3.05, 3.63) is 71.7 Å². The lowest BCUT2D eigenvalue weighted by atomic mass is 10.2. The Balaban J connectivity index is 1.40. The standard InChI is InChI=1S/C25H25N3O5S/c1-2-13-33-19-9-7-18(8-10-19)16-22-24(30)28(25(31)34-22)17-23(29)26-20-5-3-4-6-21(20)27-11-14-32-15-12-27/h2-10,16H,1,11-15,17H2,(H,26,29)/b22-16+. The lowest BCUT2D eigenvalue weighted by Crippen LogP contribution is -2.38. The Hall–Kier alpha value is -3.56. The second kappa shape index (κ2) is 11.0. The summed E-state index contributed by atoms with van der Waals surface area (Å²) in [6.07, 6.45) is 3.29. The number of carbonyl (C=O) groups is 3. The molecule has 0 spiro atoms. The van der Waals surface area contributed by atoms with Crippen molar-refractivity contribution in [1.82, 2.24) is 4.90 Å². The van der Waals surface area contributed by atoms with Crippen LogP contribution >= 0.6 is 11.8 Å². The molecule has 0 atom stereocenters. The molecule has 0 unspecified atom stereocenters. The second-order valence-corrected chi connectivity index (χ2v) is 8.59. The van der Waals surface area contributed by atoms with E-state index in [1.807, 2.05) is 18.2 Å². The fourth-order valence-electron chi connectivity index (χ4n) is 3.60. The molecule has 2 aromatic rings. The molecule has 0 bridgehead atoms. The largest absolute Gasteiger partial charge is 0.490 e. The van der Waals surface area contributed by atoms with E-state index in [9.17, 15) is 14.4 Å². The summed E-state index contributed by atoms with van der Waals surface area (Å²) in [6, 6.07) is 14.6. The molecule has 2 saturated heterocycles. The number of hydrogen-bond acceptors (Lipinski definition) is 7. The third-order valence-corrected chi connectivity index (χ3v) is 6.16. The molecule has 176 valence electrons. The molecule has 0 aromatic heterocycles. The molecule has 1 N–H and O–H groups in total. The number of hydrogen-bond donors (Lipinski definition) is 1. The normalized spacial score (nSPS) is 17.2. The van der Waals surface area contributed by atoms with E-state index >= 15 is 0 Å². The summed E-state index contributed by atoms with van der Waals surface area (Å²) >= 11 is 0.821. The Morgan fingerprint density at radius 3 is 2.59 bits per heavy atom. The Morgan fingerprint density at radius 1 is 1.12 bits per heavy atom. The summed E-state index contributed by atoms with van der Waals surface area (Å²) in [5, 5.41) is 2.37. The van der Waals surface area contributed by atoms with Gasteiger partial charge in [-0.05, 0) is 47.7 Å². The number of ether oxygens (including phenoxy) is 2. The Kier molecular flexibility index (Phi) is 7.66. The second-order valence-electron chi connectivity index (χ2n) is 7.60. The summed E-state index contributed by atoms with van der Waals surface area (Å²) in [5.41, 5.74) is 2.27. The molecule has 0 aliphatic carbocycles. The van der Waals surface area contributed by atoms with Crippen molar-refractivity contribution in [2.24, 2.45) is 0 Å². The highest BCUT2D eigenvalue weighted by Crippen LogP contribution is 2.33. The van der Waals surface area contributed by atoms with Crippen molar-refractivity contribution in [3.63, 3.8) is 0 Å². The molecule has 4 rings (SSSR count). The maximum atomic E-state index is 12.8. The van der Waals surface area contributed by atoms with E-state index in [-0.39, 0.29) is 11.4 Å². The smallest absolute Gasteiger partial charge is 0.294 e. The first-order chi connectivity index (χ1) is 16.5. The molecule has 2 aromatic carbocycles. The van der Waals surface area contributed by atoms with Crippen LogP contribution in [-0.2, 0) is 14.3 Å². The van der Waals surface area contributed by atoms with Gasteiger partial charge < -0.3 is 19.7 Å². The molecule has 2 aliphatic rings. The van der Waals surface area contributed by atoms with Crippen LogP contribution in [0.5, 0.6) is 5.75 Å². The van der Waals surface area contributed by atoms with E-state index in [4.69, 9.17) is 9.47 Å². The number of morpholine rings is 1. The van der Waals surface area contributed by atoms with Crippen LogP contribution in [0.3, 0.4) is 0 Å². The minimum atomic E-state index is -0.487. The number of benzene rings is 2. The van der Waals surface area contributed by atoms with Crippen molar-refractivity contribution in [3.8, 4) is 5.75 Å². The molecule has 9 heteroatoms. The van der Waals surface area contributed by atoms with Gasteiger partial charge in [-0.1, -0.05) is 36.9 Å². The summed E-state index contributed by atoms with van der Waals surface area (Å²) in [7, 11) is 0. The van der Waals surface area contributed by atoms with Crippen LogP contribution < -0.4 is 15.0 Å². The summed E-state index contributed by atoms with van der Waals surface area (Å²) < 4.78 is 10.8. The third-order valence-electron chi connectivity index (χ3n) is 5.25. The number of amides is 3. The predicted molar refractivity (Wildman–Crippen MR) is 133 cm³/mol. The number of nitrogens with one attached hydrogen (secondary N) is 1. The summed E-state index contributed by atoms with van der Waals surface area (Å²) in [6.45, 7) is 6.34. The first kappa shape index (κ1) is 23.6. The molecular weight excluding hydrogens is 454 g/mol. The van der Waals surface area contributed by atoms with E-state index in [1.165, 1.54) is 0 Å². The molecule has 2 heterocycles. The van der Waals surface area contributed by atoms with Crippen molar-refractivity contribution in [2.75, 3.05) is 49.7 Å². The van der Waals surface area contributed by atoms with Gasteiger partial charge in [0.2, 0.25) is 5.91 Å². The van der Waals surface area contributed by atoms with Crippen molar-refractivity contribution in [2.45, 2.75) is 0 Å². The van der Waals surface area contributed by atoms with E-state index in [1.54, 1.807) is 42.5 Å². The van der Waals surface area contributed by atoms with Crippen LogP contribution in [0.2, 0.25) is 0 Å². The summed E-state index contributed by atoms with van der Waals surface area (Å²) in [5.74, 6) is -0.245. The van der Waals surface area contributed by atoms with Crippen molar-refractivity contribution in [1.29, 1.82) is 0 Å². The quantitative estimate of drug-likeness (QED) is 0.456. The monoisotopic (exact) mass is 479 g/mol. The van der Waals surface area contributed by atoms with Gasteiger partial charge in [0.15, 0.2) is 0 Å². The van der Waals surface area contributed by atoms with Gasteiger partial charge in [0.05, 0.1) is 29.5 Å². The molecule has 8 nitrogen and oxygen atoms in total. The van der Waals surface area contributed by atoms with E-state index in [0.29, 0.717) is 31.3 Å². The van der Waals surface area contributed by atoms with Crippen LogP contribution in [0.1, 0.15) is 5.56 Å². The fraction of sp³-hybridized carbons (Fsp3) is 0.240. The van der Waals surface area contributed by atoms with Crippen LogP contribution in [-0.4, -0.2) is 61.4 Å². The number of para-hydroxylation sites is 2. The van der Waals surface area contributed by atoms with Gasteiger partial charge in [-0.25, -0.2) is 0 Å². The molecule has 0 saturated carbocycles. The highest BCUT2D eigenvalue weighted by atomic mass is 32.2. The van der Waals surface area contributed by atoms with Crippen LogP contribution in [0.25, 0.3) is 6.08 Å². The number of rotatable bonds is 8. The number of thioether (sulfide) groups is 1. The number of carbonyl (C=O) groups excluding carboxylic acids is 3. The number of anilines is 2. The van der Waals surface area contributed by atoms with E-state index in [0.717, 1.165) is 41.0 Å². The topological polar surface area (TPSA) is 88.2 Å². The zero-order chi connectivity index (χ0) is 23.9. The van der Waals surface area contributed by atoms with Crippen molar-refractivity contribution >= 4 is 46.3 Å². The van der Waals surface area contributed by atoms with Crippen LogP contribution in [0.4, 0.5) is 16.2 Å². The summed E-state index contributed by atoms with van der Waals surface area (Å²) in [4.78, 5) is 41.4. The molecule has 3 amide bonds. The molecule has 2 fully saturated rings. The van der Waals surface area contributed by atoms with Crippen molar-refractivity contribution < 1.29 is 23.9 Å². The van der Waals surface area contributed by atoms with E-state index in [2.05, 4.69) is 16.8 Å². The van der Waals surface area contributed by atoms with Crippen LogP contribution in [0.15, 0.2) is 66.1 Å². The van der Waals surface area contributed by atoms with E-state index < -0.39 is 17.1 Å². The van der Waals surface area contributed by atoms with Gasteiger partial charge in [-0.2, -0.15) is 0 Å². The van der Waals surface area contributed by atoms with Gasteiger partial charge in [0.25, 0.3) is 11.1 Å². The third kappa shape index (κ3) is 5.67. The molecule has 2 aliphatic heterocycles. The molecule has 0 radical (unpaired) electrons. The zero-order valence-corrected chi connectivity index (χ0v) is 19.4. The van der Waals surface area contributed by atoms with Gasteiger partial charge in [-0.3, -0.25) is 19.3 Å². The lowest BCUT2D eigenvalue weighted by molar-refractivity contribution is -0.127. The average Bonchev–Trinajstić information content (AvgIpc) is 3.11. The fourth-order valence-corrected chi connectivity index (χ4v) is 4.43. The highest BCUT2D eigenvalue weighted by Gasteiger charge is 2.36. The minimum absolute atomic E-state index is 0.270. The zero-order valence-electron chi connectivity index (χ0n) is 18.6. The maximum Gasteiger partial charge on any atom is 0.294 e. The predicted octanol–water partition coefficient (Wildman–Crippen LogP) is 3.76. The lowest BCUT2D eigenvalue weighted by Gasteiger charge is -2.30. The average molecular weight is 480 g/mol. The van der Waals surface area contributed by atoms with Gasteiger partial charge in [0, 0.05) is 13.1 Å². The first-order valence-electron chi connectivity index (χ1n) is 10.9. The minimum Gasteiger partial charge on any atom is -0.490 e. The SMILES string of the molecule is C=CCOc1ccc(/C=C2/SC(=O)N(CC(=O)Nc3ccccc3N3CCOCC3)C2=O)cc1. The number of nitrogens with zero attached hydrogens (tertiary/aromatic N) is 2. The Bertz CT molecular complexity index is 1110. The van der Waals surface area contributed by atoms with Gasteiger partial charge >= 0.3 is 0 Å². The van der Waals surface area contributed by atoms with Gasteiger partial charge in [-0.15, -0.1) is 0 Å². The maximum absolute atomic E-state index is 12.8. The first-order valence-corrected chi connectivity index (χ1v) is 11.7. The van der Waals surface area contributed by atoms with Crippen LogP contribution in [0, 0.1) is 0 Å². The molecule has 34 heavy (non-hydrogen) atoms.